The third kappa shape index (κ3) is 3.86. The molecule has 1 atom stereocenters. The molecule has 0 bridgehead atoms. The van der Waals surface area contributed by atoms with Crippen molar-refractivity contribution in [1.29, 1.82) is 0 Å². The molecule has 82 valence electrons. The lowest BCUT2D eigenvalue weighted by molar-refractivity contribution is 0.238. The lowest BCUT2D eigenvalue weighted by Crippen LogP contribution is -2.31. The number of nitrogens with one attached hydrogen (secondary N) is 1. The molecule has 0 unspecified atom stereocenters. The Kier molecular flexibility index (Phi) is 5.08. The van der Waals surface area contributed by atoms with E-state index in [1.54, 1.807) is 0 Å². The zero-order valence-corrected chi connectivity index (χ0v) is 9.24. The Morgan fingerprint density at radius 1 is 1.40 bits per heavy atom. The van der Waals surface area contributed by atoms with Crippen molar-refractivity contribution >= 4 is 6.08 Å². The molecule has 2 nitrogen and oxygen atoms in total. The van der Waals surface area contributed by atoms with Crippen molar-refractivity contribution in [1.82, 2.24) is 5.32 Å². The molecule has 1 aromatic rings. The topological polar surface area (TPSA) is 32.3 Å². The molecular formula is C13H19NO. The number of benzene rings is 1. The highest BCUT2D eigenvalue weighted by atomic mass is 16.3. The minimum absolute atomic E-state index is 0.196. The number of aliphatic hydroxyl groups excluding tert-OH is 1. The summed E-state index contributed by atoms with van der Waals surface area (Å²) in [5.74, 6) is 0. The van der Waals surface area contributed by atoms with Crippen LogP contribution >= 0.6 is 0 Å². The van der Waals surface area contributed by atoms with Crippen LogP contribution in [0.1, 0.15) is 24.5 Å². The summed E-state index contributed by atoms with van der Waals surface area (Å²) in [4.78, 5) is 0. The van der Waals surface area contributed by atoms with Crippen LogP contribution in [-0.4, -0.2) is 17.8 Å². The number of hydrogen-bond donors (Lipinski definition) is 2. The maximum Gasteiger partial charge on any atom is 0.0584 e. The highest BCUT2D eigenvalue weighted by Crippen LogP contribution is 2.05. The molecular weight excluding hydrogens is 186 g/mol. The van der Waals surface area contributed by atoms with Crippen LogP contribution in [0.25, 0.3) is 6.08 Å². The Labute approximate surface area is 91.6 Å². The summed E-state index contributed by atoms with van der Waals surface area (Å²) < 4.78 is 0. The summed E-state index contributed by atoms with van der Waals surface area (Å²) in [6.07, 6.45) is 2.78. The first-order valence-corrected chi connectivity index (χ1v) is 5.35. The van der Waals surface area contributed by atoms with Crippen molar-refractivity contribution in [3.63, 3.8) is 0 Å². The Hall–Kier alpha value is -1.12. The van der Waals surface area contributed by atoms with E-state index in [0.29, 0.717) is 0 Å². The molecule has 0 heterocycles. The van der Waals surface area contributed by atoms with E-state index >= 15 is 0 Å². The second kappa shape index (κ2) is 6.38. The molecule has 0 aliphatic carbocycles. The van der Waals surface area contributed by atoms with Gasteiger partial charge in [0.1, 0.15) is 0 Å². The van der Waals surface area contributed by atoms with Crippen molar-refractivity contribution in [2.45, 2.75) is 25.9 Å². The van der Waals surface area contributed by atoms with Gasteiger partial charge in [0.2, 0.25) is 0 Å². The van der Waals surface area contributed by atoms with Gasteiger partial charge in [-0.2, -0.15) is 0 Å². The first-order chi connectivity index (χ1) is 7.30. The molecule has 1 rings (SSSR count). The summed E-state index contributed by atoms with van der Waals surface area (Å²) >= 11 is 0. The molecule has 1 aromatic carbocycles. The minimum atomic E-state index is 0.196. The Bertz CT molecular complexity index is 288. The molecule has 0 radical (unpaired) electrons. The molecule has 0 aromatic heterocycles. The number of aliphatic hydroxyl groups is 1. The van der Waals surface area contributed by atoms with E-state index in [1.807, 2.05) is 18.2 Å². The average molecular weight is 205 g/mol. The molecule has 0 aliphatic heterocycles. The van der Waals surface area contributed by atoms with Crippen molar-refractivity contribution in [2.24, 2.45) is 0 Å². The Morgan fingerprint density at radius 3 is 2.53 bits per heavy atom. The Balaban J connectivity index is 2.46. The van der Waals surface area contributed by atoms with Crippen molar-refractivity contribution in [3.8, 4) is 0 Å². The van der Waals surface area contributed by atoms with Gasteiger partial charge in [0.05, 0.1) is 6.61 Å². The third-order valence-electron chi connectivity index (χ3n) is 2.52. The zero-order chi connectivity index (χ0) is 11.1. The summed E-state index contributed by atoms with van der Waals surface area (Å²) in [5, 5.41) is 12.3. The van der Waals surface area contributed by atoms with Gasteiger partial charge in [0.15, 0.2) is 0 Å². The molecule has 2 heteroatoms. The molecule has 0 amide bonds. The van der Waals surface area contributed by atoms with Crippen LogP contribution in [0, 0.1) is 0 Å². The minimum Gasteiger partial charge on any atom is -0.395 e. The van der Waals surface area contributed by atoms with Crippen LogP contribution in [0.4, 0.5) is 0 Å². The summed E-state index contributed by atoms with van der Waals surface area (Å²) in [5.41, 5.74) is 2.36. The van der Waals surface area contributed by atoms with Gasteiger partial charge in [-0.05, 0) is 17.5 Å². The van der Waals surface area contributed by atoms with E-state index in [9.17, 15) is 0 Å². The van der Waals surface area contributed by atoms with Gasteiger partial charge in [-0.25, -0.2) is 0 Å². The molecule has 0 fully saturated rings. The van der Waals surface area contributed by atoms with Gasteiger partial charge in [-0.15, -0.1) is 0 Å². The number of hydrogen-bond acceptors (Lipinski definition) is 2. The maximum absolute atomic E-state index is 9.01. The second-order valence-corrected chi connectivity index (χ2v) is 3.61. The van der Waals surface area contributed by atoms with E-state index in [2.05, 4.69) is 31.0 Å². The zero-order valence-electron chi connectivity index (χ0n) is 9.24. The van der Waals surface area contributed by atoms with Crippen molar-refractivity contribution < 1.29 is 5.11 Å². The van der Waals surface area contributed by atoms with Gasteiger partial charge in [-0.3, -0.25) is 0 Å². The van der Waals surface area contributed by atoms with Gasteiger partial charge >= 0.3 is 0 Å². The largest absolute Gasteiger partial charge is 0.395 e. The van der Waals surface area contributed by atoms with Gasteiger partial charge in [-0.1, -0.05) is 43.8 Å². The SMILES string of the molecule is C=Cc1ccc(CN[C@H](CC)CO)cc1. The lowest BCUT2D eigenvalue weighted by atomic mass is 10.1. The quantitative estimate of drug-likeness (QED) is 0.746. The van der Waals surface area contributed by atoms with E-state index < -0.39 is 0 Å². The molecule has 15 heavy (non-hydrogen) atoms. The normalized spacial score (nSPS) is 12.4. The first-order valence-electron chi connectivity index (χ1n) is 5.35. The summed E-state index contributed by atoms with van der Waals surface area (Å²) in [6.45, 7) is 6.77. The van der Waals surface area contributed by atoms with Crippen molar-refractivity contribution in [2.75, 3.05) is 6.61 Å². The van der Waals surface area contributed by atoms with Gasteiger partial charge in [0.25, 0.3) is 0 Å². The van der Waals surface area contributed by atoms with E-state index in [4.69, 9.17) is 5.11 Å². The molecule has 0 aliphatic rings. The molecule has 2 N–H and O–H groups in total. The van der Waals surface area contributed by atoms with Gasteiger partial charge in [0, 0.05) is 12.6 Å². The highest BCUT2D eigenvalue weighted by Gasteiger charge is 2.02. The predicted molar refractivity (Wildman–Crippen MR) is 64.5 cm³/mol. The fraction of sp³-hybridized carbons (Fsp3) is 0.385. The van der Waals surface area contributed by atoms with Gasteiger partial charge < -0.3 is 10.4 Å². The fourth-order valence-electron chi connectivity index (χ4n) is 1.37. The van der Waals surface area contributed by atoms with Crippen LogP contribution in [0.5, 0.6) is 0 Å². The van der Waals surface area contributed by atoms with Crippen LogP contribution in [0.15, 0.2) is 30.8 Å². The predicted octanol–water partition coefficient (Wildman–Crippen LogP) is 2.19. The van der Waals surface area contributed by atoms with Crippen LogP contribution in [0.2, 0.25) is 0 Å². The van der Waals surface area contributed by atoms with E-state index in [-0.39, 0.29) is 12.6 Å². The van der Waals surface area contributed by atoms with Crippen molar-refractivity contribution in [3.05, 3.63) is 42.0 Å². The molecule has 0 saturated carbocycles. The van der Waals surface area contributed by atoms with Crippen LogP contribution < -0.4 is 5.32 Å². The summed E-state index contributed by atoms with van der Waals surface area (Å²) in [7, 11) is 0. The summed E-state index contributed by atoms with van der Waals surface area (Å²) in [6, 6.07) is 8.44. The monoisotopic (exact) mass is 205 g/mol. The average Bonchev–Trinajstić information content (AvgIpc) is 2.31. The van der Waals surface area contributed by atoms with E-state index in [1.165, 1.54) is 5.56 Å². The standard InChI is InChI=1S/C13H19NO/c1-3-11-5-7-12(8-6-11)9-14-13(4-2)10-15/h3,5-8,13-15H,1,4,9-10H2,2H3/t13-/m1/s1. The second-order valence-electron chi connectivity index (χ2n) is 3.61. The third-order valence-corrected chi connectivity index (χ3v) is 2.52. The van der Waals surface area contributed by atoms with E-state index in [0.717, 1.165) is 18.5 Å². The van der Waals surface area contributed by atoms with Crippen LogP contribution in [-0.2, 0) is 6.54 Å². The first kappa shape index (κ1) is 12.0. The lowest BCUT2D eigenvalue weighted by Gasteiger charge is -2.13. The highest BCUT2D eigenvalue weighted by molar-refractivity contribution is 5.47. The molecule has 0 spiro atoms. The number of rotatable bonds is 6. The maximum atomic E-state index is 9.01. The fourth-order valence-corrected chi connectivity index (χ4v) is 1.37. The smallest absolute Gasteiger partial charge is 0.0584 e. The van der Waals surface area contributed by atoms with Crippen LogP contribution in [0.3, 0.4) is 0 Å². The Morgan fingerprint density at radius 2 is 2.07 bits per heavy atom. The molecule has 0 saturated heterocycles.